The molecule has 0 N–H and O–H groups in total. The molecule has 3 nitrogen and oxygen atoms in total. The van der Waals surface area contributed by atoms with Crippen LogP contribution in [-0.2, 0) is 14.8 Å². The Morgan fingerprint density at radius 1 is 1.00 bits per heavy atom. The molecule has 0 aliphatic heterocycles. The van der Waals surface area contributed by atoms with Gasteiger partial charge in [-0.3, -0.25) is 0 Å². The van der Waals surface area contributed by atoms with E-state index in [0.29, 0.717) is 13.2 Å². The average molecular weight is 106 g/mol. The topological polar surface area (TPSA) is 27.7 Å². The number of hydrogen-bond donors (Lipinski definition) is 0. The summed E-state index contributed by atoms with van der Waals surface area (Å²) in [5, 5.41) is 4.13. The highest BCUT2D eigenvalue weighted by molar-refractivity contribution is 3.93. The molecule has 0 unspecified atom stereocenters. The van der Waals surface area contributed by atoms with Gasteiger partial charge in [0.15, 0.2) is 0 Å². The van der Waals surface area contributed by atoms with Crippen molar-refractivity contribution in [3.63, 3.8) is 0 Å². The third kappa shape index (κ3) is 5.88. The van der Waals surface area contributed by atoms with E-state index in [-0.39, 0.29) is 0 Å². The van der Waals surface area contributed by atoms with Crippen LogP contribution < -0.4 is 0 Å². The summed E-state index contributed by atoms with van der Waals surface area (Å²) in [6, 6.07) is 0. The van der Waals surface area contributed by atoms with Gasteiger partial charge < -0.3 is 0 Å². The molecule has 0 aromatic rings. The van der Waals surface area contributed by atoms with Crippen LogP contribution in [0.3, 0.4) is 0 Å². The lowest BCUT2D eigenvalue weighted by atomic mass is 10.9. The van der Waals surface area contributed by atoms with E-state index in [2.05, 4.69) is 14.8 Å². The van der Waals surface area contributed by atoms with Crippen LogP contribution in [0.15, 0.2) is 0 Å². The van der Waals surface area contributed by atoms with Gasteiger partial charge in [-0.25, -0.2) is 9.78 Å². The minimum atomic E-state index is 0.514. The van der Waals surface area contributed by atoms with Gasteiger partial charge in [0.1, 0.15) is 0 Å². The van der Waals surface area contributed by atoms with E-state index in [1.807, 2.05) is 13.8 Å². The Kier molecular flexibility index (Phi) is 5.78. The van der Waals surface area contributed by atoms with Crippen molar-refractivity contribution in [3.05, 3.63) is 0 Å². The van der Waals surface area contributed by atoms with Gasteiger partial charge in [0.25, 0.3) is 0 Å². The Morgan fingerprint density at radius 3 is 1.71 bits per heavy atom. The largest absolute Gasteiger partial charge is 0.206 e. The van der Waals surface area contributed by atoms with Gasteiger partial charge in [-0.15, -0.1) is 0 Å². The smallest absolute Gasteiger partial charge is 0.0825 e. The van der Waals surface area contributed by atoms with Crippen molar-refractivity contribution in [2.75, 3.05) is 13.2 Å². The normalized spacial score (nSPS) is 9.43. The van der Waals surface area contributed by atoms with Gasteiger partial charge in [0, 0.05) is 0 Å². The lowest BCUT2D eigenvalue weighted by Crippen LogP contribution is -1.94. The van der Waals surface area contributed by atoms with Gasteiger partial charge in [-0.05, 0) is 13.8 Å². The van der Waals surface area contributed by atoms with Gasteiger partial charge in [-0.2, -0.15) is 0 Å². The molecule has 3 heteroatoms. The zero-order chi connectivity index (χ0) is 5.54. The molecule has 0 bridgehead atoms. The van der Waals surface area contributed by atoms with Crippen LogP contribution in [-0.4, -0.2) is 13.2 Å². The molecule has 0 atom stereocenters. The zero-order valence-corrected chi connectivity index (χ0v) is 4.64. The van der Waals surface area contributed by atoms with Crippen LogP contribution in [0.25, 0.3) is 0 Å². The van der Waals surface area contributed by atoms with Gasteiger partial charge in [0.2, 0.25) is 0 Å². The third-order valence-electron chi connectivity index (χ3n) is 0.332. The molecular weight excluding hydrogens is 96.0 g/mol. The fourth-order valence-corrected chi connectivity index (χ4v) is 0.130. The number of rotatable bonds is 4. The van der Waals surface area contributed by atoms with Crippen molar-refractivity contribution >= 4 is 0 Å². The molecule has 0 amide bonds. The Bertz CT molecular complexity index is 26.1. The predicted molar refractivity (Wildman–Crippen MR) is 24.3 cm³/mol. The molecule has 0 saturated heterocycles. The summed E-state index contributed by atoms with van der Waals surface area (Å²) in [5.74, 6) is 0. The summed E-state index contributed by atoms with van der Waals surface area (Å²) in [6.45, 7) is 4.66. The molecule has 7 heavy (non-hydrogen) atoms. The molecule has 0 aromatic carbocycles. The first-order valence-corrected chi connectivity index (χ1v) is 2.32. The van der Waals surface area contributed by atoms with Crippen LogP contribution in [0.5, 0.6) is 0 Å². The highest BCUT2D eigenvalue weighted by Crippen LogP contribution is 1.77. The Labute approximate surface area is 43.0 Å². The second-order valence-electron chi connectivity index (χ2n) is 0.881. The lowest BCUT2D eigenvalue weighted by Gasteiger charge is -1.94. The highest BCUT2D eigenvalue weighted by Gasteiger charge is 1.77. The van der Waals surface area contributed by atoms with E-state index in [1.165, 1.54) is 0 Å². The van der Waals surface area contributed by atoms with Crippen LogP contribution in [0.4, 0.5) is 0 Å². The standard InChI is InChI=1S/C4H10O3/c1-3-5-7-6-4-2/h3-4H2,1-2H3. The van der Waals surface area contributed by atoms with Crippen molar-refractivity contribution in [2.45, 2.75) is 13.8 Å². The van der Waals surface area contributed by atoms with E-state index >= 15 is 0 Å². The van der Waals surface area contributed by atoms with E-state index in [4.69, 9.17) is 0 Å². The monoisotopic (exact) mass is 106 g/mol. The SMILES string of the molecule is CCOOOCC. The first-order valence-electron chi connectivity index (χ1n) is 2.32. The van der Waals surface area contributed by atoms with Crippen molar-refractivity contribution in [1.82, 2.24) is 0 Å². The molecule has 44 valence electrons. The van der Waals surface area contributed by atoms with E-state index in [1.54, 1.807) is 0 Å². The maximum atomic E-state index is 4.35. The van der Waals surface area contributed by atoms with Crippen molar-refractivity contribution in [1.29, 1.82) is 0 Å². The molecule has 0 rings (SSSR count). The highest BCUT2D eigenvalue weighted by atomic mass is 17.5. The van der Waals surface area contributed by atoms with Crippen LogP contribution >= 0.6 is 0 Å². The maximum Gasteiger partial charge on any atom is 0.0825 e. The summed E-state index contributed by atoms with van der Waals surface area (Å²) in [5.41, 5.74) is 0. The summed E-state index contributed by atoms with van der Waals surface area (Å²) >= 11 is 0. The molecular formula is C4H10O3. The summed E-state index contributed by atoms with van der Waals surface area (Å²) in [4.78, 5) is 8.70. The minimum Gasteiger partial charge on any atom is -0.206 e. The summed E-state index contributed by atoms with van der Waals surface area (Å²) in [7, 11) is 0. The fourth-order valence-electron chi connectivity index (χ4n) is 0.130. The summed E-state index contributed by atoms with van der Waals surface area (Å²) in [6.07, 6.45) is 0. The van der Waals surface area contributed by atoms with Gasteiger partial charge in [0.05, 0.1) is 13.2 Å². The Balaban J connectivity index is 2.45. The Hall–Kier alpha value is -0.120. The average Bonchev–Trinajstić information content (AvgIpc) is 1.69. The minimum absolute atomic E-state index is 0.514. The molecule has 0 fully saturated rings. The zero-order valence-electron chi connectivity index (χ0n) is 4.64. The first-order chi connectivity index (χ1) is 3.41. The first kappa shape index (κ1) is 6.88. The molecule has 0 aliphatic rings. The summed E-state index contributed by atoms with van der Waals surface area (Å²) < 4.78 is 0. The van der Waals surface area contributed by atoms with Crippen molar-refractivity contribution < 1.29 is 14.8 Å². The number of hydrogen-bond acceptors (Lipinski definition) is 3. The van der Waals surface area contributed by atoms with Gasteiger partial charge in [-0.1, -0.05) is 5.04 Å². The maximum absolute atomic E-state index is 4.35. The quantitative estimate of drug-likeness (QED) is 0.303. The van der Waals surface area contributed by atoms with Crippen LogP contribution in [0.2, 0.25) is 0 Å². The molecule has 0 saturated carbocycles. The molecule has 0 aromatic heterocycles. The van der Waals surface area contributed by atoms with E-state index in [0.717, 1.165) is 0 Å². The van der Waals surface area contributed by atoms with Gasteiger partial charge >= 0.3 is 0 Å². The molecule has 0 aliphatic carbocycles. The predicted octanol–water partition coefficient (Wildman–Crippen LogP) is 0.906. The molecule has 0 spiro atoms. The third-order valence-corrected chi connectivity index (χ3v) is 0.332. The second-order valence-corrected chi connectivity index (χ2v) is 0.881. The van der Waals surface area contributed by atoms with E-state index < -0.39 is 0 Å². The van der Waals surface area contributed by atoms with E-state index in [9.17, 15) is 0 Å². The van der Waals surface area contributed by atoms with Crippen molar-refractivity contribution in [3.8, 4) is 0 Å². The fraction of sp³-hybridized carbons (Fsp3) is 1.00. The molecule has 0 heterocycles. The van der Waals surface area contributed by atoms with Crippen LogP contribution in [0, 0.1) is 0 Å². The molecule has 0 radical (unpaired) electrons. The second kappa shape index (κ2) is 5.88. The van der Waals surface area contributed by atoms with Crippen molar-refractivity contribution in [2.24, 2.45) is 0 Å². The van der Waals surface area contributed by atoms with Crippen LogP contribution in [0.1, 0.15) is 13.8 Å². The lowest BCUT2D eigenvalue weighted by molar-refractivity contribution is -0.509. The Morgan fingerprint density at radius 2 is 1.43 bits per heavy atom.